The second kappa shape index (κ2) is 4.68. The van der Waals surface area contributed by atoms with Crippen LogP contribution in [0.4, 0.5) is 5.69 Å². The van der Waals surface area contributed by atoms with Crippen LogP contribution in [0.5, 0.6) is 5.75 Å². The van der Waals surface area contributed by atoms with E-state index in [1.165, 1.54) is 12.1 Å². The highest BCUT2D eigenvalue weighted by Crippen LogP contribution is 2.41. The van der Waals surface area contributed by atoms with E-state index in [4.69, 9.17) is 10.5 Å². The minimum Gasteiger partial charge on any atom is -0.439 e. The summed E-state index contributed by atoms with van der Waals surface area (Å²) in [5.41, 5.74) is 7.48. The van der Waals surface area contributed by atoms with Gasteiger partial charge in [0.2, 0.25) is 5.88 Å². The van der Waals surface area contributed by atoms with Gasteiger partial charge in [-0.25, -0.2) is 0 Å². The molecule has 1 aliphatic rings. The van der Waals surface area contributed by atoms with E-state index in [1.54, 1.807) is 24.4 Å². The summed E-state index contributed by atoms with van der Waals surface area (Å²) in [6.45, 7) is 0. The number of nitro benzene ring substituents is 1. The zero-order valence-corrected chi connectivity index (χ0v) is 10.7. The SMILES string of the molecule is N#CC1=C(N)Oc2cc[nH]c2C1c1ccc([N+](=O)[O-])cc1. The number of H-pyrrole nitrogens is 1. The number of fused-ring (bicyclic) bond motifs is 1. The Labute approximate surface area is 119 Å². The van der Waals surface area contributed by atoms with Crippen molar-refractivity contribution in [2.24, 2.45) is 5.73 Å². The minimum absolute atomic E-state index is 0.00650. The molecule has 1 aromatic heterocycles. The number of benzene rings is 1. The quantitative estimate of drug-likeness (QED) is 0.646. The largest absolute Gasteiger partial charge is 0.439 e. The number of aromatic nitrogens is 1. The summed E-state index contributed by atoms with van der Waals surface area (Å²) in [6, 6.07) is 9.79. The summed E-state index contributed by atoms with van der Waals surface area (Å²) in [4.78, 5) is 13.3. The van der Waals surface area contributed by atoms with Crippen LogP contribution in [0.25, 0.3) is 0 Å². The molecule has 0 aliphatic carbocycles. The van der Waals surface area contributed by atoms with Gasteiger partial charge in [-0.15, -0.1) is 0 Å². The van der Waals surface area contributed by atoms with Gasteiger partial charge < -0.3 is 15.5 Å². The first-order chi connectivity index (χ1) is 10.1. The van der Waals surface area contributed by atoms with Crippen LogP contribution in [-0.2, 0) is 0 Å². The lowest BCUT2D eigenvalue weighted by Crippen LogP contribution is -2.20. The molecule has 2 heterocycles. The van der Waals surface area contributed by atoms with Crippen molar-refractivity contribution >= 4 is 5.69 Å². The van der Waals surface area contributed by atoms with Gasteiger partial charge in [-0.3, -0.25) is 10.1 Å². The van der Waals surface area contributed by atoms with Crippen LogP contribution in [0.3, 0.4) is 0 Å². The van der Waals surface area contributed by atoms with Gasteiger partial charge in [-0.1, -0.05) is 12.1 Å². The van der Waals surface area contributed by atoms with E-state index in [9.17, 15) is 15.4 Å². The Morgan fingerprint density at radius 2 is 2.05 bits per heavy atom. The van der Waals surface area contributed by atoms with Crippen molar-refractivity contribution in [3.05, 3.63) is 69.4 Å². The Morgan fingerprint density at radius 1 is 1.33 bits per heavy atom. The smallest absolute Gasteiger partial charge is 0.269 e. The van der Waals surface area contributed by atoms with Gasteiger partial charge in [0.1, 0.15) is 11.6 Å². The molecular weight excluding hydrogens is 272 g/mol. The van der Waals surface area contributed by atoms with E-state index >= 15 is 0 Å². The molecule has 3 rings (SSSR count). The molecule has 7 nitrogen and oxygen atoms in total. The van der Waals surface area contributed by atoms with E-state index in [-0.39, 0.29) is 17.1 Å². The molecule has 2 aromatic rings. The van der Waals surface area contributed by atoms with Crippen molar-refractivity contribution in [3.8, 4) is 11.8 Å². The number of ether oxygens (including phenoxy) is 1. The topological polar surface area (TPSA) is 118 Å². The monoisotopic (exact) mass is 282 g/mol. The van der Waals surface area contributed by atoms with Crippen molar-refractivity contribution in [2.45, 2.75) is 5.92 Å². The van der Waals surface area contributed by atoms with E-state index < -0.39 is 10.8 Å². The number of nitriles is 1. The van der Waals surface area contributed by atoms with Crippen LogP contribution in [0.15, 0.2) is 48.0 Å². The molecule has 1 atom stereocenters. The highest BCUT2D eigenvalue weighted by molar-refractivity contribution is 5.54. The number of hydrogen-bond acceptors (Lipinski definition) is 5. The lowest BCUT2D eigenvalue weighted by Gasteiger charge is -2.23. The fourth-order valence-electron chi connectivity index (χ4n) is 2.38. The molecule has 21 heavy (non-hydrogen) atoms. The number of aromatic amines is 1. The number of nitrogens with zero attached hydrogens (tertiary/aromatic N) is 2. The summed E-state index contributed by atoms with van der Waals surface area (Å²) in [5, 5.41) is 20.0. The number of nitrogens with two attached hydrogens (primary N) is 1. The molecule has 0 saturated carbocycles. The number of non-ortho nitro benzene ring substituents is 1. The van der Waals surface area contributed by atoms with Crippen molar-refractivity contribution in [3.63, 3.8) is 0 Å². The van der Waals surface area contributed by atoms with Crippen molar-refractivity contribution < 1.29 is 9.66 Å². The lowest BCUT2D eigenvalue weighted by atomic mass is 9.87. The van der Waals surface area contributed by atoms with Gasteiger partial charge in [-0.05, 0) is 11.6 Å². The van der Waals surface area contributed by atoms with Crippen LogP contribution in [-0.4, -0.2) is 9.91 Å². The second-order valence-corrected chi connectivity index (χ2v) is 4.53. The third-order valence-electron chi connectivity index (χ3n) is 3.36. The van der Waals surface area contributed by atoms with Crippen LogP contribution < -0.4 is 10.5 Å². The maximum atomic E-state index is 10.7. The molecule has 7 heteroatoms. The van der Waals surface area contributed by atoms with Crippen molar-refractivity contribution in [1.82, 2.24) is 4.98 Å². The number of hydrogen-bond donors (Lipinski definition) is 2. The zero-order valence-electron chi connectivity index (χ0n) is 10.7. The summed E-state index contributed by atoms with van der Waals surface area (Å²) in [5.74, 6) is 0.178. The molecule has 104 valence electrons. The maximum Gasteiger partial charge on any atom is 0.269 e. The molecule has 3 N–H and O–H groups in total. The first-order valence-corrected chi connectivity index (χ1v) is 6.11. The highest BCUT2D eigenvalue weighted by Gasteiger charge is 2.31. The van der Waals surface area contributed by atoms with Crippen LogP contribution in [0.1, 0.15) is 17.2 Å². The van der Waals surface area contributed by atoms with Crippen molar-refractivity contribution in [1.29, 1.82) is 5.26 Å². The van der Waals surface area contributed by atoms with Gasteiger partial charge >= 0.3 is 0 Å². The van der Waals surface area contributed by atoms with E-state index in [0.29, 0.717) is 11.4 Å². The predicted molar refractivity (Wildman–Crippen MR) is 73.2 cm³/mol. The third kappa shape index (κ3) is 1.99. The van der Waals surface area contributed by atoms with Crippen LogP contribution in [0, 0.1) is 21.4 Å². The van der Waals surface area contributed by atoms with Crippen LogP contribution in [0.2, 0.25) is 0 Å². The summed E-state index contributed by atoms with van der Waals surface area (Å²) in [7, 11) is 0. The average Bonchev–Trinajstić information content (AvgIpc) is 2.93. The second-order valence-electron chi connectivity index (χ2n) is 4.53. The molecule has 1 unspecified atom stereocenters. The molecule has 1 aliphatic heterocycles. The fraction of sp³-hybridized carbons (Fsp3) is 0.0714. The molecular formula is C14H10N4O3. The molecule has 0 saturated heterocycles. The Bertz CT molecular complexity index is 783. The zero-order chi connectivity index (χ0) is 15.0. The minimum atomic E-state index is -0.469. The number of nitrogens with one attached hydrogen (secondary N) is 1. The van der Waals surface area contributed by atoms with Gasteiger partial charge in [-0.2, -0.15) is 5.26 Å². The fourth-order valence-corrected chi connectivity index (χ4v) is 2.38. The number of rotatable bonds is 2. The third-order valence-corrected chi connectivity index (χ3v) is 3.36. The normalized spacial score (nSPS) is 16.8. The molecule has 0 fully saturated rings. The van der Waals surface area contributed by atoms with Crippen LogP contribution >= 0.6 is 0 Å². The van der Waals surface area contributed by atoms with Gasteiger partial charge in [0, 0.05) is 18.3 Å². The number of allylic oxidation sites excluding steroid dienone is 1. The lowest BCUT2D eigenvalue weighted by molar-refractivity contribution is -0.384. The summed E-state index contributed by atoms with van der Waals surface area (Å²) in [6.07, 6.45) is 1.69. The number of nitro groups is 1. The predicted octanol–water partition coefficient (Wildman–Crippen LogP) is 2.14. The Balaban J connectivity index is 2.12. The standard InChI is InChI=1S/C14H10N4O3/c15-7-10-12(8-1-3-9(4-2-8)18(19)20)13-11(5-6-17-13)21-14(10)16/h1-6,12,17H,16H2. The first kappa shape index (κ1) is 12.7. The summed E-state index contributed by atoms with van der Waals surface area (Å²) >= 11 is 0. The highest BCUT2D eigenvalue weighted by atomic mass is 16.6. The van der Waals surface area contributed by atoms with Gasteiger partial charge in [0.05, 0.1) is 16.5 Å². The van der Waals surface area contributed by atoms with Gasteiger partial charge in [0.15, 0.2) is 5.75 Å². The van der Waals surface area contributed by atoms with E-state index in [0.717, 1.165) is 5.56 Å². The van der Waals surface area contributed by atoms with Gasteiger partial charge in [0.25, 0.3) is 5.69 Å². The van der Waals surface area contributed by atoms with E-state index in [2.05, 4.69) is 4.98 Å². The first-order valence-electron chi connectivity index (χ1n) is 6.11. The average molecular weight is 282 g/mol. The molecule has 0 amide bonds. The molecule has 0 radical (unpaired) electrons. The maximum absolute atomic E-state index is 10.7. The molecule has 0 bridgehead atoms. The Hall–Kier alpha value is -3.27. The molecule has 0 spiro atoms. The Morgan fingerprint density at radius 3 is 2.67 bits per heavy atom. The molecule has 1 aromatic carbocycles. The summed E-state index contributed by atoms with van der Waals surface area (Å²) < 4.78 is 5.38. The Kier molecular flexibility index (Phi) is 2.84. The van der Waals surface area contributed by atoms with Crippen molar-refractivity contribution in [2.75, 3.05) is 0 Å². The van der Waals surface area contributed by atoms with E-state index in [1.807, 2.05) is 6.07 Å².